The lowest BCUT2D eigenvalue weighted by Crippen LogP contribution is -2.57. The molecule has 0 radical (unpaired) electrons. The van der Waals surface area contributed by atoms with Gasteiger partial charge in [-0.05, 0) is 38.4 Å². The summed E-state index contributed by atoms with van der Waals surface area (Å²) in [6, 6.07) is 3.61. The number of hydrogen-bond acceptors (Lipinski definition) is 4. The molecule has 4 heterocycles. The minimum Gasteiger partial charge on any atom is -0.492 e. The molecule has 26 heavy (non-hydrogen) atoms. The Morgan fingerprint density at radius 2 is 2.12 bits per heavy atom. The van der Waals surface area contributed by atoms with Crippen LogP contribution < -0.4 is 15.4 Å². The third kappa shape index (κ3) is 2.10. The second kappa shape index (κ2) is 5.63. The van der Waals surface area contributed by atoms with Gasteiger partial charge in [0.15, 0.2) is 0 Å². The summed E-state index contributed by atoms with van der Waals surface area (Å²) >= 11 is 0. The molecule has 5 rings (SSSR count). The predicted molar refractivity (Wildman–Crippen MR) is 91.8 cm³/mol. The van der Waals surface area contributed by atoms with Crippen LogP contribution in [0.3, 0.4) is 0 Å². The Hall–Kier alpha value is -1.73. The molecule has 0 bridgehead atoms. The predicted octanol–water partition coefficient (Wildman–Crippen LogP) is 1.65. The molecule has 2 atom stereocenters. The van der Waals surface area contributed by atoms with Crippen LogP contribution in [0.5, 0.6) is 5.75 Å². The number of nitrogens with one attached hydrogen (secondary N) is 2. The van der Waals surface area contributed by atoms with Crippen LogP contribution in [0.1, 0.15) is 40.7 Å². The van der Waals surface area contributed by atoms with Crippen LogP contribution in [0.15, 0.2) is 12.1 Å². The average Bonchev–Trinajstić information content (AvgIpc) is 3.18. The van der Waals surface area contributed by atoms with E-state index < -0.39 is 11.3 Å². The second-order valence-electron chi connectivity index (χ2n) is 7.90. The van der Waals surface area contributed by atoms with Crippen molar-refractivity contribution >= 4 is 5.91 Å². The molecule has 1 amide bonds. The van der Waals surface area contributed by atoms with Crippen molar-refractivity contribution in [2.24, 2.45) is 0 Å². The minimum absolute atomic E-state index is 0.00174. The van der Waals surface area contributed by atoms with Crippen molar-refractivity contribution < 1.29 is 18.3 Å². The Morgan fingerprint density at radius 1 is 1.23 bits per heavy atom. The quantitative estimate of drug-likeness (QED) is 0.797. The standard InChI is InChI=1S/C19H23F2N3O2/c20-19(21)10-23-7-5-18(19)11-26-16-14-9-24(12-2-1-6-22-8-12)17(25)13(14)3-4-15(16)18/h3-4,12,22-23H,1-2,5-11H2/t12-,18?/m0/s1. The lowest BCUT2D eigenvalue weighted by molar-refractivity contribution is -0.0999. The molecular weight excluding hydrogens is 340 g/mol. The first-order chi connectivity index (χ1) is 12.5. The zero-order valence-corrected chi connectivity index (χ0v) is 14.6. The van der Waals surface area contributed by atoms with Crippen LogP contribution in [0.25, 0.3) is 0 Å². The number of hydrogen-bond donors (Lipinski definition) is 2. The Labute approximate surface area is 151 Å². The molecule has 140 valence electrons. The Morgan fingerprint density at radius 3 is 2.88 bits per heavy atom. The summed E-state index contributed by atoms with van der Waals surface area (Å²) in [5.41, 5.74) is 0.720. The van der Waals surface area contributed by atoms with E-state index in [0.29, 0.717) is 36.4 Å². The summed E-state index contributed by atoms with van der Waals surface area (Å²) < 4.78 is 35.5. The van der Waals surface area contributed by atoms with Gasteiger partial charge in [0, 0.05) is 29.3 Å². The summed E-state index contributed by atoms with van der Waals surface area (Å²) in [6.07, 6.45) is 2.36. The smallest absolute Gasteiger partial charge is 0.273 e. The molecule has 1 aromatic rings. The maximum Gasteiger partial charge on any atom is 0.273 e. The molecule has 4 aliphatic rings. The Kier molecular flexibility index (Phi) is 3.56. The molecule has 1 spiro atoms. The zero-order valence-electron chi connectivity index (χ0n) is 14.6. The number of halogens is 2. The lowest BCUT2D eigenvalue weighted by atomic mass is 9.71. The molecule has 2 N–H and O–H groups in total. The van der Waals surface area contributed by atoms with Crippen molar-refractivity contribution in [3.05, 3.63) is 28.8 Å². The second-order valence-corrected chi connectivity index (χ2v) is 7.90. The van der Waals surface area contributed by atoms with E-state index in [1.807, 2.05) is 4.90 Å². The number of piperidine rings is 2. The summed E-state index contributed by atoms with van der Waals surface area (Å²) in [7, 11) is 0. The van der Waals surface area contributed by atoms with Crippen molar-refractivity contribution in [3.63, 3.8) is 0 Å². The van der Waals surface area contributed by atoms with Crippen molar-refractivity contribution in [3.8, 4) is 5.75 Å². The van der Waals surface area contributed by atoms with Crippen LogP contribution in [-0.4, -0.2) is 55.6 Å². The first-order valence-corrected chi connectivity index (χ1v) is 9.43. The summed E-state index contributed by atoms with van der Waals surface area (Å²) in [5, 5.41) is 6.13. The van der Waals surface area contributed by atoms with E-state index in [4.69, 9.17) is 4.74 Å². The maximum atomic E-state index is 14.8. The van der Waals surface area contributed by atoms with Crippen molar-refractivity contribution in [2.75, 3.05) is 32.8 Å². The molecule has 0 aliphatic carbocycles. The molecule has 1 aromatic carbocycles. The average molecular weight is 363 g/mol. The van der Waals surface area contributed by atoms with Gasteiger partial charge < -0.3 is 20.3 Å². The first-order valence-electron chi connectivity index (χ1n) is 9.43. The molecule has 1 unspecified atom stereocenters. The monoisotopic (exact) mass is 363 g/mol. The highest BCUT2D eigenvalue weighted by Gasteiger charge is 2.60. The molecule has 2 fully saturated rings. The van der Waals surface area contributed by atoms with E-state index in [1.54, 1.807) is 12.1 Å². The Balaban J connectivity index is 1.53. The van der Waals surface area contributed by atoms with Gasteiger partial charge in [-0.25, -0.2) is 8.78 Å². The summed E-state index contributed by atoms with van der Waals surface area (Å²) in [5.74, 6) is -2.33. The zero-order chi connectivity index (χ0) is 17.9. The molecular formula is C19H23F2N3O2. The summed E-state index contributed by atoms with van der Waals surface area (Å²) in [6.45, 7) is 2.45. The summed E-state index contributed by atoms with van der Waals surface area (Å²) in [4.78, 5) is 14.8. The van der Waals surface area contributed by atoms with Gasteiger partial charge in [0.05, 0.1) is 18.5 Å². The number of ether oxygens (including phenoxy) is 1. The van der Waals surface area contributed by atoms with Gasteiger partial charge in [-0.3, -0.25) is 4.79 Å². The van der Waals surface area contributed by atoms with E-state index in [-0.39, 0.29) is 25.1 Å². The first kappa shape index (κ1) is 16.4. The highest BCUT2D eigenvalue weighted by Crippen LogP contribution is 2.53. The number of carbonyl (C=O) groups excluding carboxylic acids is 1. The van der Waals surface area contributed by atoms with Crippen LogP contribution in [-0.2, 0) is 12.0 Å². The SMILES string of the molecule is O=C1c2ccc3c(c2CN1[C@H]1CCCNC1)OCC31CCNCC1(F)F. The molecule has 7 heteroatoms. The van der Waals surface area contributed by atoms with Crippen LogP contribution in [0.4, 0.5) is 8.78 Å². The fourth-order valence-corrected chi connectivity index (χ4v) is 5.00. The topological polar surface area (TPSA) is 53.6 Å². The maximum absolute atomic E-state index is 14.8. The van der Waals surface area contributed by atoms with E-state index in [9.17, 15) is 13.6 Å². The molecule has 0 saturated carbocycles. The van der Waals surface area contributed by atoms with E-state index in [1.165, 1.54) is 0 Å². The molecule has 5 nitrogen and oxygen atoms in total. The normalized spacial score (nSPS) is 32.5. The van der Waals surface area contributed by atoms with Crippen LogP contribution in [0.2, 0.25) is 0 Å². The number of nitrogens with zero attached hydrogens (tertiary/aromatic N) is 1. The van der Waals surface area contributed by atoms with E-state index in [0.717, 1.165) is 31.5 Å². The van der Waals surface area contributed by atoms with Crippen molar-refractivity contribution in [1.29, 1.82) is 0 Å². The number of alkyl halides is 2. The number of carbonyl (C=O) groups is 1. The van der Waals surface area contributed by atoms with Crippen LogP contribution in [0, 0.1) is 0 Å². The number of amides is 1. The largest absolute Gasteiger partial charge is 0.492 e. The van der Waals surface area contributed by atoms with Gasteiger partial charge in [0.2, 0.25) is 0 Å². The fourth-order valence-electron chi connectivity index (χ4n) is 5.00. The fraction of sp³-hybridized carbons (Fsp3) is 0.632. The highest BCUT2D eigenvalue weighted by atomic mass is 19.3. The number of rotatable bonds is 1. The number of benzene rings is 1. The van der Waals surface area contributed by atoms with Gasteiger partial charge in [-0.2, -0.15) is 0 Å². The van der Waals surface area contributed by atoms with Gasteiger partial charge in [-0.15, -0.1) is 0 Å². The van der Waals surface area contributed by atoms with Crippen molar-refractivity contribution in [1.82, 2.24) is 15.5 Å². The molecule has 0 aromatic heterocycles. The third-order valence-corrected chi connectivity index (χ3v) is 6.55. The molecule has 2 saturated heterocycles. The highest BCUT2D eigenvalue weighted by molar-refractivity contribution is 5.99. The third-order valence-electron chi connectivity index (χ3n) is 6.55. The van der Waals surface area contributed by atoms with Gasteiger partial charge in [0.1, 0.15) is 12.4 Å². The van der Waals surface area contributed by atoms with Gasteiger partial charge >= 0.3 is 0 Å². The van der Waals surface area contributed by atoms with Gasteiger partial charge in [-0.1, -0.05) is 6.07 Å². The van der Waals surface area contributed by atoms with Gasteiger partial charge in [0.25, 0.3) is 11.8 Å². The molecule has 4 aliphatic heterocycles. The van der Waals surface area contributed by atoms with Crippen molar-refractivity contribution in [2.45, 2.75) is 43.2 Å². The van der Waals surface area contributed by atoms with Crippen LogP contribution >= 0.6 is 0 Å². The Bertz CT molecular complexity index is 763. The number of fused-ring (bicyclic) bond motifs is 4. The lowest BCUT2D eigenvalue weighted by Gasteiger charge is -2.40. The van der Waals surface area contributed by atoms with E-state index in [2.05, 4.69) is 10.6 Å². The minimum atomic E-state index is -2.86. The van der Waals surface area contributed by atoms with E-state index >= 15 is 0 Å².